The molecule has 2 rings (SSSR count). The van der Waals surface area contributed by atoms with Crippen LogP contribution in [-0.2, 0) is 6.61 Å². The molecule has 2 nitrogen and oxygen atoms in total. The van der Waals surface area contributed by atoms with Crippen molar-refractivity contribution in [3.05, 3.63) is 69.7 Å². The van der Waals surface area contributed by atoms with Gasteiger partial charge in [-0.15, -0.1) is 0 Å². The molecule has 0 aliphatic heterocycles. The largest absolute Gasteiger partial charge is 0.508 e. The molecule has 2 aromatic rings. The summed E-state index contributed by atoms with van der Waals surface area (Å²) in [6.45, 7) is 5.76. The Balaban J connectivity index is 2.16. The zero-order valence-electron chi connectivity index (χ0n) is 11.0. The number of ether oxygens (including phenoxy) is 1. The van der Waals surface area contributed by atoms with Crippen molar-refractivity contribution in [2.75, 3.05) is 0 Å². The van der Waals surface area contributed by atoms with Crippen molar-refractivity contribution in [2.45, 2.75) is 13.5 Å². The van der Waals surface area contributed by atoms with Gasteiger partial charge in [-0.05, 0) is 48.4 Å². The van der Waals surface area contributed by atoms with Crippen LogP contribution in [0.25, 0.3) is 5.76 Å². The van der Waals surface area contributed by atoms with Gasteiger partial charge >= 0.3 is 0 Å². The fourth-order valence-electron chi connectivity index (χ4n) is 1.78. The predicted molar refractivity (Wildman–Crippen MR) is 83.6 cm³/mol. The molecular formula is C16H14Cl2O2. The van der Waals surface area contributed by atoms with E-state index in [4.69, 9.17) is 27.9 Å². The highest BCUT2D eigenvalue weighted by molar-refractivity contribution is 6.32. The summed E-state index contributed by atoms with van der Waals surface area (Å²) in [5.41, 5.74) is 2.48. The molecule has 0 amide bonds. The predicted octanol–water partition coefficient (Wildman–Crippen LogP) is 5.41. The van der Waals surface area contributed by atoms with E-state index in [0.29, 0.717) is 28.0 Å². The smallest absolute Gasteiger partial charge is 0.138 e. The highest BCUT2D eigenvalue weighted by atomic mass is 35.5. The van der Waals surface area contributed by atoms with E-state index in [2.05, 4.69) is 6.58 Å². The van der Waals surface area contributed by atoms with Crippen molar-refractivity contribution in [3.8, 4) is 5.75 Å². The lowest BCUT2D eigenvalue weighted by molar-refractivity contribution is 0.306. The molecule has 0 bridgehead atoms. The van der Waals surface area contributed by atoms with Gasteiger partial charge in [-0.3, -0.25) is 0 Å². The van der Waals surface area contributed by atoms with Crippen LogP contribution in [-0.4, -0.2) is 5.11 Å². The fraction of sp³-hybridized carbons (Fsp3) is 0.125. The zero-order valence-corrected chi connectivity index (χ0v) is 12.5. The summed E-state index contributed by atoms with van der Waals surface area (Å²) in [6, 6.07) is 10.8. The topological polar surface area (TPSA) is 29.5 Å². The average molecular weight is 309 g/mol. The average Bonchev–Trinajstić information content (AvgIpc) is 2.37. The van der Waals surface area contributed by atoms with Crippen LogP contribution in [0.4, 0.5) is 0 Å². The fourth-order valence-corrected chi connectivity index (χ4v) is 2.33. The van der Waals surface area contributed by atoms with Crippen molar-refractivity contribution < 1.29 is 9.84 Å². The van der Waals surface area contributed by atoms with Crippen molar-refractivity contribution in [2.24, 2.45) is 0 Å². The van der Waals surface area contributed by atoms with E-state index < -0.39 is 0 Å². The SMILES string of the molecule is C=C(O)c1cc(Cl)cc(COc2ccc(C)cc2Cl)c1. The first kappa shape index (κ1) is 14.8. The minimum Gasteiger partial charge on any atom is -0.508 e. The van der Waals surface area contributed by atoms with Gasteiger partial charge in [-0.2, -0.15) is 0 Å². The first-order valence-corrected chi connectivity index (χ1v) is 6.78. The molecule has 1 N–H and O–H groups in total. The lowest BCUT2D eigenvalue weighted by atomic mass is 10.1. The Morgan fingerprint density at radius 2 is 1.95 bits per heavy atom. The second-order valence-corrected chi connectivity index (χ2v) is 5.36. The molecule has 0 aromatic heterocycles. The van der Waals surface area contributed by atoms with Gasteiger partial charge < -0.3 is 9.84 Å². The second kappa shape index (κ2) is 6.21. The first-order chi connectivity index (χ1) is 9.45. The van der Waals surface area contributed by atoms with Crippen LogP contribution in [0.3, 0.4) is 0 Å². The Morgan fingerprint density at radius 1 is 1.20 bits per heavy atom. The van der Waals surface area contributed by atoms with Crippen LogP contribution < -0.4 is 4.74 Å². The molecule has 0 aliphatic rings. The molecule has 20 heavy (non-hydrogen) atoms. The van der Waals surface area contributed by atoms with Crippen LogP contribution in [0.2, 0.25) is 10.0 Å². The highest BCUT2D eigenvalue weighted by Gasteiger charge is 2.05. The molecule has 0 saturated carbocycles. The molecule has 0 radical (unpaired) electrons. The molecule has 4 heteroatoms. The maximum Gasteiger partial charge on any atom is 0.138 e. The maximum atomic E-state index is 9.42. The number of aryl methyl sites for hydroxylation is 1. The second-order valence-electron chi connectivity index (χ2n) is 4.52. The summed E-state index contributed by atoms with van der Waals surface area (Å²) < 4.78 is 5.67. The number of benzene rings is 2. The highest BCUT2D eigenvalue weighted by Crippen LogP contribution is 2.27. The maximum absolute atomic E-state index is 9.42. The minimum absolute atomic E-state index is 0.0258. The molecule has 0 spiro atoms. The van der Waals surface area contributed by atoms with Gasteiger partial charge in [-0.25, -0.2) is 0 Å². The van der Waals surface area contributed by atoms with Crippen LogP contribution in [0.15, 0.2) is 43.0 Å². The Labute approximate surface area is 128 Å². The van der Waals surface area contributed by atoms with E-state index in [1.54, 1.807) is 18.2 Å². The molecule has 2 aromatic carbocycles. The molecule has 0 saturated heterocycles. The number of halogens is 2. The van der Waals surface area contributed by atoms with Gasteiger partial charge in [0, 0.05) is 10.6 Å². The van der Waals surface area contributed by atoms with Gasteiger partial charge in [0.05, 0.1) is 5.02 Å². The molecule has 0 heterocycles. The number of aliphatic hydroxyl groups is 1. The van der Waals surface area contributed by atoms with Crippen LogP contribution in [0.1, 0.15) is 16.7 Å². The molecule has 104 valence electrons. The van der Waals surface area contributed by atoms with Crippen LogP contribution >= 0.6 is 23.2 Å². The number of rotatable bonds is 4. The number of hydrogen-bond acceptors (Lipinski definition) is 2. The van der Waals surface area contributed by atoms with E-state index in [1.807, 2.05) is 25.1 Å². The minimum atomic E-state index is -0.0258. The normalized spacial score (nSPS) is 10.3. The Bertz CT molecular complexity index is 651. The molecule has 0 atom stereocenters. The zero-order chi connectivity index (χ0) is 14.7. The van der Waals surface area contributed by atoms with E-state index in [9.17, 15) is 5.11 Å². The van der Waals surface area contributed by atoms with E-state index >= 15 is 0 Å². The summed E-state index contributed by atoms with van der Waals surface area (Å²) in [6.07, 6.45) is 0. The van der Waals surface area contributed by atoms with Crippen molar-refractivity contribution in [3.63, 3.8) is 0 Å². The van der Waals surface area contributed by atoms with Gasteiger partial charge in [0.25, 0.3) is 0 Å². The number of aliphatic hydroxyl groups excluding tert-OH is 1. The lowest BCUT2D eigenvalue weighted by Gasteiger charge is -2.10. The summed E-state index contributed by atoms with van der Waals surface area (Å²) in [7, 11) is 0. The number of hydrogen-bond donors (Lipinski definition) is 1. The third-order valence-electron chi connectivity index (χ3n) is 2.77. The summed E-state index contributed by atoms with van der Waals surface area (Å²) in [4.78, 5) is 0. The Kier molecular flexibility index (Phi) is 4.58. The molecule has 0 unspecified atom stereocenters. The Morgan fingerprint density at radius 3 is 2.60 bits per heavy atom. The standard InChI is InChI=1S/C16H14Cl2O2/c1-10-3-4-16(15(18)5-10)20-9-12-6-13(11(2)19)8-14(17)7-12/h3-8,19H,2,9H2,1H3. The van der Waals surface area contributed by atoms with E-state index in [-0.39, 0.29) is 5.76 Å². The Hall–Kier alpha value is -1.64. The van der Waals surface area contributed by atoms with E-state index in [0.717, 1.165) is 11.1 Å². The molecule has 0 fully saturated rings. The quantitative estimate of drug-likeness (QED) is 0.765. The third kappa shape index (κ3) is 3.69. The van der Waals surface area contributed by atoms with Gasteiger partial charge in [0.1, 0.15) is 18.1 Å². The van der Waals surface area contributed by atoms with Crippen LogP contribution in [0.5, 0.6) is 5.75 Å². The summed E-state index contributed by atoms with van der Waals surface area (Å²) in [5.74, 6) is 0.587. The van der Waals surface area contributed by atoms with Gasteiger partial charge in [0.15, 0.2) is 0 Å². The van der Waals surface area contributed by atoms with E-state index in [1.165, 1.54) is 0 Å². The van der Waals surface area contributed by atoms with Gasteiger partial charge in [-0.1, -0.05) is 35.8 Å². The molecular weight excluding hydrogens is 295 g/mol. The van der Waals surface area contributed by atoms with Crippen LogP contribution in [0, 0.1) is 6.92 Å². The molecule has 0 aliphatic carbocycles. The van der Waals surface area contributed by atoms with Crippen molar-refractivity contribution in [1.29, 1.82) is 0 Å². The first-order valence-electron chi connectivity index (χ1n) is 6.02. The van der Waals surface area contributed by atoms with Gasteiger partial charge in [0.2, 0.25) is 0 Å². The summed E-state index contributed by atoms with van der Waals surface area (Å²) in [5, 5.41) is 10.5. The monoisotopic (exact) mass is 308 g/mol. The lowest BCUT2D eigenvalue weighted by Crippen LogP contribution is -1.97. The summed E-state index contributed by atoms with van der Waals surface area (Å²) >= 11 is 12.1. The third-order valence-corrected chi connectivity index (χ3v) is 3.29. The van der Waals surface area contributed by atoms with Crippen molar-refractivity contribution in [1.82, 2.24) is 0 Å². The van der Waals surface area contributed by atoms with Crippen molar-refractivity contribution >= 4 is 29.0 Å².